The molecule has 0 aliphatic carbocycles. The van der Waals surface area contributed by atoms with E-state index in [9.17, 15) is 13.2 Å². The number of H-pyrrole nitrogens is 1. The lowest BCUT2D eigenvalue weighted by Gasteiger charge is -2.34. The van der Waals surface area contributed by atoms with Crippen molar-refractivity contribution in [3.63, 3.8) is 0 Å². The highest BCUT2D eigenvalue weighted by Gasteiger charge is 2.23. The Labute approximate surface area is 170 Å². The number of piperazine rings is 1. The highest BCUT2D eigenvalue weighted by atomic mass is 32.2. The van der Waals surface area contributed by atoms with Crippen molar-refractivity contribution >= 4 is 26.8 Å². The molecule has 3 heterocycles. The van der Waals surface area contributed by atoms with E-state index in [0.29, 0.717) is 11.2 Å². The number of carbonyl (C=O) groups is 1. The van der Waals surface area contributed by atoms with E-state index in [0.717, 1.165) is 49.2 Å². The fraction of sp³-hybridized carbons (Fsp3) is 0.333. The van der Waals surface area contributed by atoms with E-state index in [-0.39, 0.29) is 10.8 Å². The number of hydrogen-bond donors (Lipinski definition) is 1. The summed E-state index contributed by atoms with van der Waals surface area (Å²) in [6.07, 6.45) is 4.64. The first-order valence-electron chi connectivity index (χ1n) is 9.66. The molecule has 0 atom stereocenters. The molecule has 0 spiro atoms. The number of hydrogen-bond acceptors (Lipinski definition) is 5. The summed E-state index contributed by atoms with van der Waals surface area (Å²) < 4.78 is 23.3. The van der Waals surface area contributed by atoms with Gasteiger partial charge in [-0.05, 0) is 30.3 Å². The van der Waals surface area contributed by atoms with E-state index < -0.39 is 9.84 Å². The SMILES string of the molecule is CCN1CCN(C(=O)c2c[nH]c3ncc(-c4ccc(S(C)(=O)=O)cc4)cc23)CC1. The van der Waals surface area contributed by atoms with Crippen molar-refractivity contribution in [1.82, 2.24) is 19.8 Å². The van der Waals surface area contributed by atoms with Gasteiger partial charge in [-0.15, -0.1) is 0 Å². The number of nitrogens with zero attached hydrogens (tertiary/aromatic N) is 3. The number of rotatable bonds is 4. The molecule has 2 aromatic heterocycles. The monoisotopic (exact) mass is 412 g/mol. The van der Waals surface area contributed by atoms with Crippen LogP contribution in [0.25, 0.3) is 22.2 Å². The van der Waals surface area contributed by atoms with Gasteiger partial charge in [-0.25, -0.2) is 13.4 Å². The molecule has 0 bridgehead atoms. The van der Waals surface area contributed by atoms with Gasteiger partial charge in [-0.3, -0.25) is 4.79 Å². The van der Waals surface area contributed by atoms with E-state index >= 15 is 0 Å². The van der Waals surface area contributed by atoms with Crippen LogP contribution in [0.4, 0.5) is 0 Å². The van der Waals surface area contributed by atoms with Gasteiger partial charge in [0, 0.05) is 55.8 Å². The fourth-order valence-corrected chi connectivity index (χ4v) is 4.30. The van der Waals surface area contributed by atoms with Gasteiger partial charge in [-0.1, -0.05) is 19.1 Å². The average molecular weight is 413 g/mol. The smallest absolute Gasteiger partial charge is 0.256 e. The van der Waals surface area contributed by atoms with Crippen LogP contribution in [0, 0.1) is 0 Å². The minimum atomic E-state index is -3.24. The molecule has 152 valence electrons. The number of amides is 1. The first-order valence-corrected chi connectivity index (χ1v) is 11.5. The second kappa shape index (κ2) is 7.61. The molecule has 1 saturated heterocycles. The molecule has 4 rings (SSSR count). The summed E-state index contributed by atoms with van der Waals surface area (Å²) in [6, 6.07) is 8.63. The maximum Gasteiger partial charge on any atom is 0.256 e. The van der Waals surface area contributed by atoms with E-state index in [2.05, 4.69) is 21.8 Å². The molecule has 0 saturated carbocycles. The molecule has 29 heavy (non-hydrogen) atoms. The lowest BCUT2D eigenvalue weighted by Crippen LogP contribution is -2.48. The van der Waals surface area contributed by atoms with Gasteiger partial charge < -0.3 is 14.8 Å². The summed E-state index contributed by atoms with van der Waals surface area (Å²) in [5.41, 5.74) is 2.97. The zero-order valence-electron chi connectivity index (χ0n) is 16.6. The molecular weight excluding hydrogens is 388 g/mol. The summed E-state index contributed by atoms with van der Waals surface area (Å²) in [7, 11) is -3.24. The van der Waals surface area contributed by atoms with Gasteiger partial charge in [-0.2, -0.15) is 0 Å². The molecule has 0 unspecified atom stereocenters. The number of likely N-dealkylation sites (N-methyl/N-ethyl adjacent to an activating group) is 1. The first kappa shape index (κ1) is 19.6. The fourth-order valence-electron chi connectivity index (χ4n) is 3.67. The molecule has 3 aromatic rings. The van der Waals surface area contributed by atoms with Crippen molar-refractivity contribution in [3.05, 3.63) is 48.3 Å². The van der Waals surface area contributed by atoms with Crippen LogP contribution in [-0.2, 0) is 9.84 Å². The number of benzene rings is 1. The molecule has 7 nitrogen and oxygen atoms in total. The number of carbonyl (C=O) groups excluding carboxylic acids is 1. The summed E-state index contributed by atoms with van der Waals surface area (Å²) in [6.45, 7) is 6.35. The topological polar surface area (TPSA) is 86.4 Å². The highest BCUT2D eigenvalue weighted by molar-refractivity contribution is 7.90. The largest absolute Gasteiger partial charge is 0.345 e. The maximum atomic E-state index is 13.1. The number of aromatic nitrogens is 2. The third-order valence-corrected chi connectivity index (χ3v) is 6.61. The van der Waals surface area contributed by atoms with E-state index in [1.54, 1.807) is 36.7 Å². The van der Waals surface area contributed by atoms with Crippen molar-refractivity contribution in [2.24, 2.45) is 0 Å². The number of sulfone groups is 1. The Kier molecular flexibility index (Phi) is 5.14. The first-order chi connectivity index (χ1) is 13.9. The van der Waals surface area contributed by atoms with Gasteiger partial charge in [0.1, 0.15) is 5.65 Å². The highest BCUT2D eigenvalue weighted by Crippen LogP contribution is 2.26. The molecule has 1 aliphatic heterocycles. The van der Waals surface area contributed by atoms with Crippen LogP contribution in [-0.4, -0.2) is 73.1 Å². The molecule has 1 aliphatic rings. The Morgan fingerprint density at radius 1 is 1.10 bits per heavy atom. The molecular formula is C21H24N4O3S. The Morgan fingerprint density at radius 2 is 1.79 bits per heavy atom. The van der Waals surface area contributed by atoms with Crippen LogP contribution >= 0.6 is 0 Å². The number of pyridine rings is 1. The summed E-state index contributed by atoms with van der Waals surface area (Å²) >= 11 is 0. The Morgan fingerprint density at radius 3 is 2.41 bits per heavy atom. The van der Waals surface area contributed by atoms with Crippen LogP contribution in [0.1, 0.15) is 17.3 Å². The van der Waals surface area contributed by atoms with Crippen molar-refractivity contribution in [1.29, 1.82) is 0 Å². The summed E-state index contributed by atoms with van der Waals surface area (Å²) in [4.78, 5) is 25.1. The van der Waals surface area contributed by atoms with E-state index in [1.165, 1.54) is 6.26 Å². The van der Waals surface area contributed by atoms with E-state index in [1.807, 2.05) is 11.0 Å². The average Bonchev–Trinajstić information content (AvgIpc) is 3.16. The van der Waals surface area contributed by atoms with Crippen LogP contribution in [0.15, 0.2) is 47.6 Å². The zero-order chi connectivity index (χ0) is 20.6. The van der Waals surface area contributed by atoms with Gasteiger partial charge in [0.05, 0.1) is 10.5 Å². The van der Waals surface area contributed by atoms with Crippen molar-refractivity contribution in [2.75, 3.05) is 39.0 Å². The van der Waals surface area contributed by atoms with Crippen molar-refractivity contribution in [3.8, 4) is 11.1 Å². The lowest BCUT2D eigenvalue weighted by atomic mass is 10.1. The Hall–Kier alpha value is -2.71. The third kappa shape index (κ3) is 3.90. The van der Waals surface area contributed by atoms with Crippen molar-refractivity contribution < 1.29 is 13.2 Å². The predicted octanol–water partition coefficient (Wildman–Crippen LogP) is 2.41. The lowest BCUT2D eigenvalue weighted by molar-refractivity contribution is 0.0645. The predicted molar refractivity (Wildman–Crippen MR) is 113 cm³/mol. The Bertz CT molecular complexity index is 1140. The number of aromatic amines is 1. The second-order valence-corrected chi connectivity index (χ2v) is 9.36. The molecule has 0 radical (unpaired) electrons. The summed E-state index contributed by atoms with van der Waals surface area (Å²) in [5, 5.41) is 0.776. The molecule has 1 fully saturated rings. The molecule has 1 aromatic carbocycles. The van der Waals surface area contributed by atoms with Crippen LogP contribution in [0.5, 0.6) is 0 Å². The van der Waals surface area contributed by atoms with Crippen molar-refractivity contribution in [2.45, 2.75) is 11.8 Å². The van der Waals surface area contributed by atoms with Gasteiger partial charge in [0.15, 0.2) is 9.84 Å². The summed E-state index contributed by atoms with van der Waals surface area (Å²) in [5.74, 6) is 0.0124. The zero-order valence-corrected chi connectivity index (χ0v) is 17.4. The Balaban J connectivity index is 1.64. The number of fused-ring (bicyclic) bond motifs is 1. The normalized spacial score (nSPS) is 15.7. The van der Waals surface area contributed by atoms with E-state index in [4.69, 9.17) is 0 Å². The maximum absolute atomic E-state index is 13.1. The minimum absolute atomic E-state index is 0.0124. The quantitative estimate of drug-likeness (QED) is 0.711. The molecule has 8 heteroatoms. The van der Waals surface area contributed by atoms with Crippen LogP contribution in [0.3, 0.4) is 0 Å². The standard InChI is InChI=1S/C21H24N4O3S/c1-3-24-8-10-25(11-9-24)21(26)19-14-23-20-18(19)12-16(13-22-20)15-4-6-17(7-5-15)29(2,27)28/h4-7,12-14H,3,8-11H2,1-2H3,(H,22,23). The molecule has 1 amide bonds. The third-order valence-electron chi connectivity index (χ3n) is 5.48. The van der Waals surface area contributed by atoms with Crippen LogP contribution in [0.2, 0.25) is 0 Å². The second-order valence-electron chi connectivity index (χ2n) is 7.35. The van der Waals surface area contributed by atoms with Gasteiger partial charge in [0.2, 0.25) is 0 Å². The van der Waals surface area contributed by atoms with Gasteiger partial charge in [0.25, 0.3) is 5.91 Å². The van der Waals surface area contributed by atoms with Gasteiger partial charge >= 0.3 is 0 Å². The number of nitrogens with one attached hydrogen (secondary N) is 1. The molecule has 1 N–H and O–H groups in total. The van der Waals surface area contributed by atoms with Crippen LogP contribution < -0.4 is 0 Å². The minimum Gasteiger partial charge on any atom is -0.345 e.